The number of benzene rings is 1. The van der Waals surface area contributed by atoms with Crippen molar-refractivity contribution in [1.82, 2.24) is 16.0 Å². The van der Waals surface area contributed by atoms with Crippen LogP contribution in [-0.4, -0.2) is 37.7 Å². The second-order valence-electron chi connectivity index (χ2n) is 6.63. The molecule has 3 N–H and O–H groups in total. The Bertz CT molecular complexity index is 440. The van der Waals surface area contributed by atoms with Crippen LogP contribution in [0.3, 0.4) is 0 Å². The maximum Gasteiger partial charge on any atom is 0.191 e. The predicted molar refractivity (Wildman–Crippen MR) is 112 cm³/mol. The summed E-state index contributed by atoms with van der Waals surface area (Å²) in [7, 11) is 0. The van der Waals surface area contributed by atoms with Crippen molar-refractivity contribution in [2.24, 2.45) is 4.99 Å². The van der Waals surface area contributed by atoms with E-state index < -0.39 is 0 Å². The molecule has 1 unspecified atom stereocenters. The van der Waals surface area contributed by atoms with Gasteiger partial charge in [0.15, 0.2) is 5.96 Å². The van der Waals surface area contributed by atoms with E-state index in [0.29, 0.717) is 5.92 Å². The Kier molecular flexibility index (Phi) is 11.3. The molecule has 132 valence electrons. The molecule has 0 fully saturated rings. The molecule has 0 saturated carbocycles. The minimum atomic E-state index is 0. The van der Waals surface area contributed by atoms with E-state index in [-0.39, 0.29) is 29.5 Å². The van der Waals surface area contributed by atoms with Crippen LogP contribution < -0.4 is 16.0 Å². The number of rotatable bonds is 7. The zero-order chi connectivity index (χ0) is 16.4. The van der Waals surface area contributed by atoms with Crippen molar-refractivity contribution in [3.63, 3.8) is 0 Å². The van der Waals surface area contributed by atoms with Crippen molar-refractivity contribution in [2.45, 2.75) is 46.1 Å². The zero-order valence-corrected chi connectivity index (χ0v) is 17.5. The van der Waals surface area contributed by atoms with Gasteiger partial charge < -0.3 is 16.0 Å². The summed E-state index contributed by atoms with van der Waals surface area (Å²) in [6.45, 7) is 14.3. The van der Waals surface area contributed by atoms with Crippen molar-refractivity contribution >= 4 is 29.9 Å². The van der Waals surface area contributed by atoms with Gasteiger partial charge in [-0.25, -0.2) is 0 Å². The summed E-state index contributed by atoms with van der Waals surface area (Å²) in [6.07, 6.45) is 0. The quantitative estimate of drug-likeness (QED) is 0.268. The van der Waals surface area contributed by atoms with Crippen LogP contribution in [0.2, 0.25) is 0 Å². The Hall–Kier alpha value is -0.820. The Morgan fingerprint density at radius 2 is 1.74 bits per heavy atom. The molecule has 0 spiro atoms. The molecule has 0 heterocycles. The largest absolute Gasteiger partial charge is 0.357 e. The highest BCUT2D eigenvalue weighted by molar-refractivity contribution is 14.0. The van der Waals surface area contributed by atoms with Gasteiger partial charge in [-0.3, -0.25) is 4.99 Å². The van der Waals surface area contributed by atoms with E-state index >= 15 is 0 Å². The Balaban J connectivity index is 0.00000484. The Labute approximate surface area is 158 Å². The number of guanidine groups is 1. The van der Waals surface area contributed by atoms with Crippen molar-refractivity contribution in [3.05, 3.63) is 35.9 Å². The topological polar surface area (TPSA) is 48.5 Å². The molecule has 0 aromatic heterocycles. The SMILES string of the molecule is CCNC(=NCC(C)c1ccccc1)NCCNC(C)(C)C.I. The van der Waals surface area contributed by atoms with Gasteiger partial charge in [0.2, 0.25) is 0 Å². The van der Waals surface area contributed by atoms with Crippen LogP contribution in [0.5, 0.6) is 0 Å². The number of nitrogens with zero attached hydrogens (tertiary/aromatic N) is 1. The summed E-state index contributed by atoms with van der Waals surface area (Å²) in [5.74, 6) is 1.31. The Morgan fingerprint density at radius 1 is 1.09 bits per heavy atom. The van der Waals surface area contributed by atoms with Gasteiger partial charge in [-0.2, -0.15) is 0 Å². The monoisotopic (exact) mass is 432 g/mol. The zero-order valence-electron chi connectivity index (χ0n) is 15.1. The van der Waals surface area contributed by atoms with Crippen LogP contribution in [0.4, 0.5) is 0 Å². The summed E-state index contributed by atoms with van der Waals surface area (Å²) in [5, 5.41) is 10.1. The van der Waals surface area contributed by atoms with Crippen LogP contribution in [0.15, 0.2) is 35.3 Å². The number of halogens is 1. The summed E-state index contributed by atoms with van der Waals surface area (Å²) >= 11 is 0. The van der Waals surface area contributed by atoms with Gasteiger partial charge in [0.25, 0.3) is 0 Å². The lowest BCUT2D eigenvalue weighted by Gasteiger charge is -2.21. The summed E-state index contributed by atoms with van der Waals surface area (Å²) in [6, 6.07) is 10.5. The van der Waals surface area contributed by atoms with Crippen molar-refractivity contribution in [3.8, 4) is 0 Å². The molecule has 0 aliphatic heterocycles. The average molecular weight is 432 g/mol. The smallest absolute Gasteiger partial charge is 0.191 e. The van der Waals surface area contributed by atoms with E-state index in [2.05, 4.69) is 74.8 Å². The number of nitrogens with one attached hydrogen (secondary N) is 3. The lowest BCUT2D eigenvalue weighted by atomic mass is 10.0. The van der Waals surface area contributed by atoms with Crippen LogP contribution in [0, 0.1) is 0 Å². The summed E-state index contributed by atoms with van der Waals surface area (Å²) in [5.41, 5.74) is 1.48. The number of aliphatic imine (C=N–C) groups is 1. The molecule has 23 heavy (non-hydrogen) atoms. The molecule has 1 aromatic carbocycles. The highest BCUT2D eigenvalue weighted by Gasteiger charge is 2.08. The summed E-state index contributed by atoms with van der Waals surface area (Å²) in [4.78, 5) is 4.69. The lowest BCUT2D eigenvalue weighted by molar-refractivity contribution is 0.428. The third-order valence-electron chi connectivity index (χ3n) is 3.31. The first-order chi connectivity index (χ1) is 10.4. The van der Waals surface area contributed by atoms with Gasteiger partial charge in [0.1, 0.15) is 0 Å². The van der Waals surface area contributed by atoms with E-state index in [1.165, 1.54) is 5.56 Å². The maximum absolute atomic E-state index is 4.69. The van der Waals surface area contributed by atoms with E-state index in [1.54, 1.807) is 0 Å². The first-order valence-electron chi connectivity index (χ1n) is 8.24. The highest BCUT2D eigenvalue weighted by Crippen LogP contribution is 2.14. The Morgan fingerprint density at radius 3 is 2.30 bits per heavy atom. The third kappa shape index (κ3) is 10.5. The first kappa shape index (κ1) is 22.2. The molecule has 1 atom stereocenters. The first-order valence-corrected chi connectivity index (χ1v) is 8.24. The molecular weight excluding hydrogens is 399 g/mol. The minimum Gasteiger partial charge on any atom is -0.357 e. The number of hydrogen-bond donors (Lipinski definition) is 3. The van der Waals surface area contributed by atoms with E-state index in [9.17, 15) is 0 Å². The summed E-state index contributed by atoms with van der Waals surface area (Å²) < 4.78 is 0. The van der Waals surface area contributed by atoms with Crippen molar-refractivity contribution in [2.75, 3.05) is 26.2 Å². The standard InChI is InChI=1S/C18H32N4.HI/c1-6-19-17(20-12-13-22-18(3,4)5)21-14-15(2)16-10-8-7-9-11-16;/h7-11,15,22H,6,12-14H2,1-5H3,(H2,19,20,21);1H. The van der Waals surface area contributed by atoms with Crippen LogP contribution in [0.25, 0.3) is 0 Å². The molecule has 0 aliphatic carbocycles. The normalized spacial score (nSPS) is 13.2. The van der Waals surface area contributed by atoms with Crippen LogP contribution >= 0.6 is 24.0 Å². The fraction of sp³-hybridized carbons (Fsp3) is 0.611. The predicted octanol–water partition coefficient (Wildman–Crippen LogP) is 3.35. The second kappa shape index (κ2) is 11.7. The minimum absolute atomic E-state index is 0. The van der Waals surface area contributed by atoms with Gasteiger partial charge in [-0.05, 0) is 33.3 Å². The third-order valence-corrected chi connectivity index (χ3v) is 3.31. The van der Waals surface area contributed by atoms with Gasteiger partial charge in [-0.1, -0.05) is 37.3 Å². The maximum atomic E-state index is 4.69. The van der Waals surface area contributed by atoms with E-state index in [1.807, 2.05) is 6.07 Å². The fourth-order valence-electron chi connectivity index (χ4n) is 2.08. The molecule has 0 amide bonds. The molecule has 0 aliphatic rings. The van der Waals surface area contributed by atoms with Crippen molar-refractivity contribution in [1.29, 1.82) is 0 Å². The molecule has 4 nitrogen and oxygen atoms in total. The van der Waals surface area contributed by atoms with Crippen molar-refractivity contribution < 1.29 is 0 Å². The second-order valence-corrected chi connectivity index (χ2v) is 6.63. The fourth-order valence-corrected chi connectivity index (χ4v) is 2.08. The highest BCUT2D eigenvalue weighted by atomic mass is 127. The molecule has 0 bridgehead atoms. The van der Waals surface area contributed by atoms with Gasteiger partial charge in [0, 0.05) is 37.6 Å². The molecular formula is C18H33IN4. The van der Waals surface area contributed by atoms with Gasteiger partial charge in [-0.15, -0.1) is 24.0 Å². The number of hydrogen-bond acceptors (Lipinski definition) is 2. The lowest BCUT2D eigenvalue weighted by Crippen LogP contribution is -2.44. The van der Waals surface area contributed by atoms with E-state index in [0.717, 1.165) is 32.1 Å². The van der Waals surface area contributed by atoms with Crippen LogP contribution in [-0.2, 0) is 0 Å². The van der Waals surface area contributed by atoms with Gasteiger partial charge >= 0.3 is 0 Å². The molecule has 5 heteroatoms. The van der Waals surface area contributed by atoms with E-state index in [4.69, 9.17) is 4.99 Å². The van der Waals surface area contributed by atoms with Crippen LogP contribution in [0.1, 0.15) is 46.1 Å². The molecule has 1 aromatic rings. The molecule has 1 rings (SSSR count). The average Bonchev–Trinajstić information content (AvgIpc) is 2.48. The molecule has 0 radical (unpaired) electrons. The molecule has 0 saturated heterocycles. The van der Waals surface area contributed by atoms with Gasteiger partial charge in [0.05, 0.1) is 0 Å².